The van der Waals surface area contributed by atoms with Gasteiger partial charge >= 0.3 is 0 Å². The number of fused-ring (bicyclic) bond motifs is 3. The van der Waals surface area contributed by atoms with Gasteiger partial charge in [0.25, 0.3) is 0 Å². The van der Waals surface area contributed by atoms with Gasteiger partial charge in [-0.05, 0) is 88.4 Å². The maximum absolute atomic E-state index is 4.46. The molecule has 7 aromatic rings. The Balaban J connectivity index is 1.39. The van der Waals surface area contributed by atoms with Crippen LogP contribution in [0.15, 0.2) is 146 Å². The van der Waals surface area contributed by atoms with Gasteiger partial charge in [-0.2, -0.15) is 0 Å². The summed E-state index contributed by atoms with van der Waals surface area (Å²) in [5.41, 5.74) is 11.0. The third-order valence-corrected chi connectivity index (χ3v) is 9.66. The standard InChI is InChI=1S/C39H32NP/c1-41(2,3)35-16-10-13-31(25-35)32-22-24-38-37(26-32)36-23-21-33(27-39(36)40(38)34-14-8-5-9-15-34)30-19-17-29(18-20-30)28-11-6-4-7-12-28/h4-27H,1H2,2-3H3. The fourth-order valence-electron chi connectivity index (χ4n) is 5.78. The Hall–Kier alpha value is -4.58. The van der Waals surface area contributed by atoms with Crippen LogP contribution in [0.1, 0.15) is 0 Å². The summed E-state index contributed by atoms with van der Waals surface area (Å²) in [6.45, 7) is 3.20. The first-order valence-electron chi connectivity index (χ1n) is 14.0. The smallest absolute Gasteiger partial charge is 0.0547 e. The van der Waals surface area contributed by atoms with Crippen molar-refractivity contribution in [1.29, 1.82) is 0 Å². The predicted molar refractivity (Wildman–Crippen MR) is 183 cm³/mol. The quantitative estimate of drug-likeness (QED) is 0.190. The van der Waals surface area contributed by atoms with E-state index in [-0.39, 0.29) is 0 Å². The van der Waals surface area contributed by atoms with Crippen LogP contribution in [0.3, 0.4) is 0 Å². The molecule has 0 aliphatic rings. The molecule has 0 atom stereocenters. The van der Waals surface area contributed by atoms with Gasteiger partial charge in [0.2, 0.25) is 0 Å². The third-order valence-electron chi connectivity index (χ3n) is 7.98. The molecule has 0 spiro atoms. The van der Waals surface area contributed by atoms with Gasteiger partial charge in [0.05, 0.1) is 11.0 Å². The Bertz CT molecular complexity index is 2060. The normalized spacial score (nSPS) is 11.8. The number of para-hydroxylation sites is 1. The highest BCUT2D eigenvalue weighted by Gasteiger charge is 2.15. The molecule has 0 fully saturated rings. The Labute approximate surface area is 242 Å². The predicted octanol–water partition coefficient (Wildman–Crippen LogP) is 10.1. The summed E-state index contributed by atoms with van der Waals surface area (Å²) >= 11 is 0. The Morgan fingerprint density at radius 2 is 0.976 bits per heavy atom. The molecule has 0 aliphatic heterocycles. The molecule has 0 unspecified atom stereocenters. The van der Waals surface area contributed by atoms with Gasteiger partial charge in [-0.1, -0.05) is 122 Å². The van der Waals surface area contributed by atoms with Crippen molar-refractivity contribution < 1.29 is 0 Å². The molecule has 1 heterocycles. The van der Waals surface area contributed by atoms with Crippen LogP contribution in [0, 0.1) is 0 Å². The van der Waals surface area contributed by atoms with Crippen LogP contribution >= 0.6 is 6.89 Å². The lowest BCUT2D eigenvalue weighted by Crippen LogP contribution is -2.02. The molecule has 7 rings (SSSR count). The molecular weight excluding hydrogens is 513 g/mol. The zero-order valence-electron chi connectivity index (χ0n) is 23.5. The van der Waals surface area contributed by atoms with Crippen molar-refractivity contribution >= 4 is 40.3 Å². The van der Waals surface area contributed by atoms with Crippen LogP contribution < -0.4 is 5.30 Å². The summed E-state index contributed by atoms with van der Waals surface area (Å²) in [5.74, 6) is 0. The summed E-state index contributed by atoms with van der Waals surface area (Å²) in [6, 6.07) is 52.9. The zero-order valence-corrected chi connectivity index (χ0v) is 24.4. The molecule has 0 saturated carbocycles. The van der Waals surface area contributed by atoms with Crippen molar-refractivity contribution in [3.8, 4) is 39.1 Å². The maximum Gasteiger partial charge on any atom is 0.0547 e. The molecule has 0 saturated heterocycles. The summed E-state index contributed by atoms with van der Waals surface area (Å²) in [5, 5.41) is 3.88. The molecule has 0 N–H and O–H groups in total. The zero-order chi connectivity index (χ0) is 28.0. The number of benzene rings is 6. The summed E-state index contributed by atoms with van der Waals surface area (Å²) in [4.78, 5) is 0. The van der Waals surface area contributed by atoms with Gasteiger partial charge in [-0.15, -0.1) is 0 Å². The molecule has 0 aliphatic carbocycles. The van der Waals surface area contributed by atoms with E-state index in [1.165, 1.54) is 66.2 Å². The van der Waals surface area contributed by atoms with Crippen molar-refractivity contribution in [2.24, 2.45) is 0 Å². The lowest BCUT2D eigenvalue weighted by atomic mass is 9.99. The van der Waals surface area contributed by atoms with E-state index in [2.05, 4.69) is 170 Å². The Morgan fingerprint density at radius 1 is 0.439 bits per heavy atom. The fourth-order valence-corrected chi connectivity index (χ4v) is 6.76. The molecule has 0 bridgehead atoms. The van der Waals surface area contributed by atoms with Crippen LogP contribution in [0.5, 0.6) is 0 Å². The van der Waals surface area contributed by atoms with Gasteiger partial charge < -0.3 is 4.57 Å². The SMILES string of the molecule is C=P(C)(C)c1cccc(-c2ccc3c(c2)c2ccc(-c4ccc(-c5ccccc5)cc4)cc2n3-c2ccccc2)c1. The second kappa shape index (κ2) is 10.1. The van der Waals surface area contributed by atoms with E-state index in [1.807, 2.05) is 0 Å². The van der Waals surface area contributed by atoms with Crippen LogP contribution in [0.25, 0.3) is 60.9 Å². The monoisotopic (exact) mass is 545 g/mol. The Morgan fingerprint density at radius 3 is 1.68 bits per heavy atom. The van der Waals surface area contributed by atoms with E-state index in [1.54, 1.807) is 0 Å². The van der Waals surface area contributed by atoms with E-state index in [0.29, 0.717) is 0 Å². The second-order valence-corrected chi connectivity index (χ2v) is 15.2. The summed E-state index contributed by atoms with van der Waals surface area (Å²) in [6.07, 6.45) is 4.46. The van der Waals surface area contributed by atoms with E-state index in [9.17, 15) is 0 Å². The molecule has 1 aromatic heterocycles. The van der Waals surface area contributed by atoms with Crippen molar-refractivity contribution in [1.82, 2.24) is 4.57 Å². The van der Waals surface area contributed by atoms with Crippen LogP contribution in [0.4, 0.5) is 0 Å². The van der Waals surface area contributed by atoms with E-state index in [4.69, 9.17) is 0 Å². The molecule has 41 heavy (non-hydrogen) atoms. The second-order valence-electron chi connectivity index (χ2n) is 11.3. The third kappa shape index (κ3) is 4.73. The number of nitrogens with zero attached hydrogens (tertiary/aromatic N) is 1. The average Bonchev–Trinajstić information content (AvgIpc) is 3.34. The highest BCUT2D eigenvalue weighted by atomic mass is 31.2. The minimum absolute atomic E-state index is 1.17. The molecule has 0 radical (unpaired) electrons. The molecular formula is C39H32NP. The number of aromatic nitrogens is 1. The van der Waals surface area contributed by atoms with Crippen molar-refractivity contribution in [3.63, 3.8) is 0 Å². The molecule has 0 amide bonds. The minimum Gasteiger partial charge on any atom is -0.309 e. The van der Waals surface area contributed by atoms with Gasteiger partial charge in [0.1, 0.15) is 0 Å². The number of rotatable bonds is 5. The topological polar surface area (TPSA) is 4.93 Å². The van der Waals surface area contributed by atoms with E-state index < -0.39 is 6.89 Å². The molecule has 1 nitrogen and oxygen atoms in total. The minimum atomic E-state index is -1.35. The number of hydrogen-bond donors (Lipinski definition) is 0. The van der Waals surface area contributed by atoms with Gasteiger partial charge in [-0.3, -0.25) is 0 Å². The van der Waals surface area contributed by atoms with Gasteiger partial charge in [0, 0.05) is 16.5 Å². The van der Waals surface area contributed by atoms with Crippen LogP contribution in [-0.2, 0) is 0 Å². The van der Waals surface area contributed by atoms with Crippen molar-refractivity contribution in [2.45, 2.75) is 0 Å². The highest BCUT2D eigenvalue weighted by molar-refractivity contribution is 7.79. The Kier molecular flexibility index (Phi) is 6.26. The van der Waals surface area contributed by atoms with E-state index >= 15 is 0 Å². The molecule has 2 heteroatoms. The summed E-state index contributed by atoms with van der Waals surface area (Å²) in [7, 11) is 0. The van der Waals surface area contributed by atoms with Crippen LogP contribution in [0.2, 0.25) is 0 Å². The van der Waals surface area contributed by atoms with E-state index in [0.717, 1.165) is 0 Å². The first-order chi connectivity index (χ1) is 20.0. The lowest BCUT2D eigenvalue weighted by molar-refractivity contribution is 1.18. The average molecular weight is 546 g/mol. The fraction of sp³-hybridized carbons (Fsp3) is 0.0513. The number of hydrogen-bond acceptors (Lipinski definition) is 0. The maximum atomic E-state index is 4.46. The lowest BCUT2D eigenvalue weighted by Gasteiger charge is -2.14. The molecule has 6 aromatic carbocycles. The largest absolute Gasteiger partial charge is 0.309 e. The molecule has 198 valence electrons. The highest BCUT2D eigenvalue weighted by Crippen LogP contribution is 2.39. The van der Waals surface area contributed by atoms with Crippen molar-refractivity contribution in [3.05, 3.63) is 146 Å². The summed E-state index contributed by atoms with van der Waals surface area (Å²) < 4.78 is 2.40. The van der Waals surface area contributed by atoms with Crippen molar-refractivity contribution in [2.75, 3.05) is 13.3 Å². The first-order valence-corrected chi connectivity index (χ1v) is 16.9. The van der Waals surface area contributed by atoms with Gasteiger partial charge in [0.15, 0.2) is 0 Å². The van der Waals surface area contributed by atoms with Crippen LogP contribution in [-0.4, -0.2) is 24.2 Å². The first kappa shape index (κ1) is 25.4. The van der Waals surface area contributed by atoms with Gasteiger partial charge in [-0.25, -0.2) is 0 Å².